The first-order valence-corrected chi connectivity index (χ1v) is 4.43. The van der Waals surface area contributed by atoms with Crippen LogP contribution >= 0.6 is 0 Å². The van der Waals surface area contributed by atoms with Crippen molar-refractivity contribution >= 4 is 12.3 Å². The predicted molar refractivity (Wildman–Crippen MR) is 51.7 cm³/mol. The molecule has 0 aliphatic rings. The van der Waals surface area contributed by atoms with E-state index in [1.54, 1.807) is 6.07 Å². The van der Waals surface area contributed by atoms with Gasteiger partial charge in [0.2, 0.25) is 6.29 Å². The van der Waals surface area contributed by atoms with E-state index in [0.29, 0.717) is 5.56 Å². The summed E-state index contributed by atoms with van der Waals surface area (Å²) in [6, 6.07) is 5.45. The van der Waals surface area contributed by atoms with Crippen LogP contribution in [-0.4, -0.2) is 12.3 Å². The summed E-state index contributed by atoms with van der Waals surface area (Å²) in [7, 11) is 0. The van der Waals surface area contributed by atoms with Gasteiger partial charge in [-0.15, -0.1) is 0 Å². The van der Waals surface area contributed by atoms with Crippen LogP contribution in [-0.2, 0) is 14.3 Å². The summed E-state index contributed by atoms with van der Waals surface area (Å²) in [5, 5.41) is 8.60. The number of aldehydes is 1. The molecule has 0 heterocycles. The van der Waals surface area contributed by atoms with Gasteiger partial charge in [-0.25, -0.2) is 9.18 Å². The smallest absolute Gasteiger partial charge is 0.371 e. The number of nitriles is 1. The molecule has 0 saturated carbocycles. The first-order valence-electron chi connectivity index (χ1n) is 4.43. The Labute approximate surface area is 91.3 Å². The quantitative estimate of drug-likeness (QED) is 0.440. The Bertz CT molecular complexity index is 465. The van der Waals surface area contributed by atoms with E-state index in [1.165, 1.54) is 19.1 Å². The summed E-state index contributed by atoms with van der Waals surface area (Å²) >= 11 is 0. The molecule has 0 aliphatic carbocycles. The van der Waals surface area contributed by atoms with Crippen molar-refractivity contribution < 1.29 is 18.7 Å². The van der Waals surface area contributed by atoms with Gasteiger partial charge in [-0.1, -0.05) is 6.07 Å². The zero-order valence-electron chi connectivity index (χ0n) is 8.44. The fraction of sp³-hybridized carbons (Fsp3) is 0.182. The topological polar surface area (TPSA) is 67.2 Å². The number of hydrogen-bond donors (Lipinski definition) is 0. The minimum absolute atomic E-state index is 0.0469. The molecule has 1 rings (SSSR count). The molecular formula is C11H8FNO3. The first kappa shape index (κ1) is 11.9. The van der Waals surface area contributed by atoms with E-state index < -0.39 is 17.9 Å². The van der Waals surface area contributed by atoms with E-state index in [4.69, 9.17) is 5.26 Å². The van der Waals surface area contributed by atoms with Crippen LogP contribution in [0.3, 0.4) is 0 Å². The maximum Gasteiger partial charge on any atom is 0.371 e. The molecule has 0 aliphatic heterocycles. The van der Waals surface area contributed by atoms with Crippen LogP contribution in [0.15, 0.2) is 18.2 Å². The largest absolute Gasteiger partial charge is 0.452 e. The van der Waals surface area contributed by atoms with Gasteiger partial charge >= 0.3 is 5.97 Å². The molecule has 16 heavy (non-hydrogen) atoms. The zero-order chi connectivity index (χ0) is 12.1. The zero-order valence-corrected chi connectivity index (χ0v) is 8.44. The third-order valence-electron chi connectivity index (χ3n) is 1.97. The van der Waals surface area contributed by atoms with Gasteiger partial charge in [-0.2, -0.15) is 5.26 Å². The highest BCUT2D eigenvalue weighted by molar-refractivity contribution is 6.20. The van der Waals surface area contributed by atoms with Crippen LogP contribution in [0.25, 0.3) is 0 Å². The fourth-order valence-corrected chi connectivity index (χ4v) is 1.15. The number of halogens is 1. The third kappa shape index (κ3) is 2.64. The Morgan fingerprint density at radius 3 is 2.88 bits per heavy atom. The second-order valence-corrected chi connectivity index (χ2v) is 3.05. The molecule has 1 atom stereocenters. The Morgan fingerprint density at radius 2 is 2.31 bits per heavy atom. The average molecular weight is 221 g/mol. The highest BCUT2D eigenvalue weighted by atomic mass is 19.1. The molecule has 4 nitrogen and oxygen atoms in total. The normalized spacial score (nSPS) is 11.3. The van der Waals surface area contributed by atoms with E-state index >= 15 is 0 Å². The molecule has 0 aromatic heterocycles. The maximum absolute atomic E-state index is 13.0. The van der Waals surface area contributed by atoms with Crippen molar-refractivity contribution in [3.8, 4) is 6.07 Å². The van der Waals surface area contributed by atoms with Crippen molar-refractivity contribution in [2.24, 2.45) is 0 Å². The second-order valence-electron chi connectivity index (χ2n) is 3.05. The SMILES string of the molecule is CC(OC(=O)C=O)c1ccc(F)c(C#N)c1. The minimum Gasteiger partial charge on any atom is -0.452 e. The van der Waals surface area contributed by atoms with E-state index in [0.717, 1.165) is 6.07 Å². The fourth-order valence-electron chi connectivity index (χ4n) is 1.15. The van der Waals surface area contributed by atoms with Crippen molar-refractivity contribution in [2.75, 3.05) is 0 Å². The summed E-state index contributed by atoms with van der Waals surface area (Å²) in [5.41, 5.74) is 0.319. The van der Waals surface area contributed by atoms with Gasteiger partial charge in [0.1, 0.15) is 18.0 Å². The lowest BCUT2D eigenvalue weighted by molar-refractivity contribution is -0.152. The number of rotatable bonds is 3. The Balaban J connectivity index is 2.93. The van der Waals surface area contributed by atoms with Crippen LogP contribution in [0.2, 0.25) is 0 Å². The number of hydrogen-bond acceptors (Lipinski definition) is 4. The van der Waals surface area contributed by atoms with Gasteiger partial charge in [0.25, 0.3) is 0 Å². The van der Waals surface area contributed by atoms with Crippen molar-refractivity contribution in [1.29, 1.82) is 5.26 Å². The summed E-state index contributed by atoms with van der Waals surface area (Å²) in [4.78, 5) is 20.7. The highest BCUT2D eigenvalue weighted by Crippen LogP contribution is 2.19. The summed E-state index contributed by atoms with van der Waals surface area (Å²) in [6.45, 7) is 1.52. The van der Waals surface area contributed by atoms with Crippen LogP contribution in [0.1, 0.15) is 24.2 Å². The van der Waals surface area contributed by atoms with Gasteiger partial charge in [-0.3, -0.25) is 4.79 Å². The molecule has 0 N–H and O–H groups in total. The standard InChI is InChI=1S/C11H8FNO3/c1-7(16-11(15)6-14)8-2-3-10(12)9(4-8)5-13/h2-4,6-7H,1H3. The van der Waals surface area contributed by atoms with Crippen molar-refractivity contribution in [3.05, 3.63) is 35.1 Å². The average Bonchev–Trinajstić information content (AvgIpc) is 2.29. The number of ether oxygens (including phenoxy) is 1. The van der Waals surface area contributed by atoms with Gasteiger partial charge < -0.3 is 4.74 Å². The van der Waals surface area contributed by atoms with E-state index in [-0.39, 0.29) is 11.8 Å². The van der Waals surface area contributed by atoms with Gasteiger partial charge in [0.05, 0.1) is 5.56 Å². The van der Waals surface area contributed by atoms with Crippen LogP contribution in [0.4, 0.5) is 4.39 Å². The lowest BCUT2D eigenvalue weighted by Gasteiger charge is -2.11. The number of esters is 1. The van der Waals surface area contributed by atoms with Crippen molar-refractivity contribution in [3.63, 3.8) is 0 Å². The van der Waals surface area contributed by atoms with Crippen LogP contribution in [0.5, 0.6) is 0 Å². The number of carbonyl (C=O) groups is 2. The number of benzene rings is 1. The third-order valence-corrected chi connectivity index (χ3v) is 1.97. The molecule has 0 fully saturated rings. The molecule has 0 amide bonds. The van der Waals surface area contributed by atoms with Crippen LogP contribution < -0.4 is 0 Å². The lowest BCUT2D eigenvalue weighted by Crippen LogP contribution is -2.09. The predicted octanol–water partition coefficient (Wildman–Crippen LogP) is 1.50. The molecule has 0 radical (unpaired) electrons. The monoisotopic (exact) mass is 221 g/mol. The molecule has 1 unspecified atom stereocenters. The van der Waals surface area contributed by atoms with Crippen molar-refractivity contribution in [2.45, 2.75) is 13.0 Å². The molecule has 0 bridgehead atoms. The molecule has 1 aromatic carbocycles. The van der Waals surface area contributed by atoms with E-state index in [2.05, 4.69) is 4.74 Å². The Hall–Kier alpha value is -2.22. The molecule has 5 heteroatoms. The summed E-state index contributed by atoms with van der Waals surface area (Å²) in [5.74, 6) is -1.64. The van der Waals surface area contributed by atoms with E-state index in [1.807, 2.05) is 0 Å². The number of nitrogens with zero attached hydrogens (tertiary/aromatic N) is 1. The first-order chi connectivity index (χ1) is 7.58. The Kier molecular flexibility index (Phi) is 3.72. The molecule has 1 aromatic rings. The highest BCUT2D eigenvalue weighted by Gasteiger charge is 2.12. The van der Waals surface area contributed by atoms with Gasteiger partial charge in [-0.05, 0) is 24.6 Å². The maximum atomic E-state index is 13.0. The molecule has 0 spiro atoms. The Morgan fingerprint density at radius 1 is 1.62 bits per heavy atom. The molecule has 82 valence electrons. The summed E-state index contributed by atoms with van der Waals surface area (Å²) in [6.07, 6.45) is -0.656. The second kappa shape index (κ2) is 5.03. The lowest BCUT2D eigenvalue weighted by atomic mass is 10.1. The van der Waals surface area contributed by atoms with E-state index in [9.17, 15) is 14.0 Å². The van der Waals surface area contributed by atoms with Crippen LogP contribution in [0, 0.1) is 17.1 Å². The summed E-state index contributed by atoms with van der Waals surface area (Å²) < 4.78 is 17.7. The van der Waals surface area contributed by atoms with Gasteiger partial charge in [0.15, 0.2) is 0 Å². The van der Waals surface area contributed by atoms with Crippen molar-refractivity contribution in [1.82, 2.24) is 0 Å². The molecular weight excluding hydrogens is 213 g/mol. The minimum atomic E-state index is -1.00. The van der Waals surface area contributed by atoms with Gasteiger partial charge in [0, 0.05) is 0 Å². The molecule has 0 saturated heterocycles. The number of carbonyl (C=O) groups excluding carboxylic acids is 2.